The third-order valence-electron chi connectivity index (χ3n) is 3.18. The number of aryl methyl sites for hydroxylation is 1. The van der Waals surface area contributed by atoms with Crippen molar-refractivity contribution in [2.24, 2.45) is 0 Å². The Labute approximate surface area is 132 Å². The summed E-state index contributed by atoms with van der Waals surface area (Å²) >= 11 is 3.39. The van der Waals surface area contributed by atoms with E-state index in [-0.39, 0.29) is 5.91 Å². The van der Waals surface area contributed by atoms with Gasteiger partial charge < -0.3 is 15.8 Å². The number of rotatable bonds is 4. The second kappa shape index (κ2) is 6.63. The van der Waals surface area contributed by atoms with Gasteiger partial charge in [-0.25, -0.2) is 0 Å². The molecule has 4 nitrogen and oxygen atoms in total. The number of nitrogens with two attached hydrogens (primary N) is 1. The maximum Gasteiger partial charge on any atom is 0.251 e. The van der Waals surface area contributed by atoms with Crippen molar-refractivity contribution in [2.75, 3.05) is 12.8 Å². The van der Waals surface area contributed by atoms with E-state index in [9.17, 15) is 4.79 Å². The number of amides is 1. The monoisotopic (exact) mass is 348 g/mol. The number of benzene rings is 2. The number of methoxy groups -OCH3 is 1. The highest BCUT2D eigenvalue weighted by Crippen LogP contribution is 2.21. The first-order valence-electron chi connectivity index (χ1n) is 6.48. The molecule has 0 saturated heterocycles. The number of halogens is 1. The van der Waals surface area contributed by atoms with Crippen LogP contribution >= 0.6 is 15.9 Å². The zero-order chi connectivity index (χ0) is 15.4. The van der Waals surface area contributed by atoms with Gasteiger partial charge in [0.05, 0.1) is 7.11 Å². The molecule has 2 rings (SSSR count). The van der Waals surface area contributed by atoms with E-state index in [2.05, 4.69) is 21.2 Å². The SMILES string of the molecule is COc1ccc(N)cc1CNC(=O)c1ccc(Br)cc1C. The van der Waals surface area contributed by atoms with Gasteiger partial charge in [-0.05, 0) is 48.9 Å². The van der Waals surface area contributed by atoms with E-state index >= 15 is 0 Å². The third-order valence-corrected chi connectivity index (χ3v) is 3.67. The van der Waals surface area contributed by atoms with Crippen LogP contribution in [0.4, 0.5) is 5.69 Å². The van der Waals surface area contributed by atoms with Crippen molar-refractivity contribution in [3.05, 3.63) is 57.6 Å². The van der Waals surface area contributed by atoms with E-state index < -0.39 is 0 Å². The van der Waals surface area contributed by atoms with E-state index in [1.807, 2.05) is 19.1 Å². The number of ether oxygens (including phenoxy) is 1. The molecule has 0 spiro atoms. The third kappa shape index (κ3) is 3.76. The Morgan fingerprint density at radius 3 is 2.71 bits per heavy atom. The number of nitrogen functional groups attached to an aromatic ring is 1. The Bertz CT molecular complexity index is 671. The molecule has 1 amide bonds. The Balaban J connectivity index is 2.12. The second-order valence-electron chi connectivity index (χ2n) is 4.71. The molecule has 0 atom stereocenters. The predicted octanol–water partition coefficient (Wildman–Crippen LogP) is 3.28. The summed E-state index contributed by atoms with van der Waals surface area (Å²) in [4.78, 5) is 12.2. The fraction of sp³-hybridized carbons (Fsp3) is 0.188. The molecule has 0 unspecified atom stereocenters. The molecule has 0 heterocycles. The number of carbonyl (C=O) groups is 1. The molecule has 0 bridgehead atoms. The van der Waals surface area contributed by atoms with Crippen molar-refractivity contribution in [1.82, 2.24) is 5.32 Å². The van der Waals surface area contributed by atoms with Crippen LogP contribution in [0.25, 0.3) is 0 Å². The first-order valence-corrected chi connectivity index (χ1v) is 7.27. The van der Waals surface area contributed by atoms with Gasteiger partial charge in [0.2, 0.25) is 0 Å². The Hall–Kier alpha value is -2.01. The minimum atomic E-state index is -0.121. The number of nitrogens with one attached hydrogen (secondary N) is 1. The van der Waals surface area contributed by atoms with E-state index in [1.54, 1.807) is 31.4 Å². The van der Waals surface area contributed by atoms with Gasteiger partial charge in [-0.1, -0.05) is 15.9 Å². The first-order chi connectivity index (χ1) is 10.0. The van der Waals surface area contributed by atoms with E-state index in [1.165, 1.54) is 0 Å². The van der Waals surface area contributed by atoms with Gasteiger partial charge >= 0.3 is 0 Å². The van der Waals surface area contributed by atoms with Crippen LogP contribution in [0.1, 0.15) is 21.5 Å². The van der Waals surface area contributed by atoms with Crippen molar-refractivity contribution < 1.29 is 9.53 Å². The lowest BCUT2D eigenvalue weighted by atomic mass is 10.1. The van der Waals surface area contributed by atoms with Gasteiger partial charge in [0.25, 0.3) is 5.91 Å². The molecule has 2 aromatic carbocycles. The number of hydrogen-bond donors (Lipinski definition) is 2. The molecule has 0 radical (unpaired) electrons. The first kappa shape index (κ1) is 15.4. The Kier molecular flexibility index (Phi) is 4.85. The average molecular weight is 349 g/mol. The van der Waals surface area contributed by atoms with Crippen LogP contribution < -0.4 is 15.8 Å². The summed E-state index contributed by atoms with van der Waals surface area (Å²) in [6.07, 6.45) is 0. The van der Waals surface area contributed by atoms with Crippen LogP contribution in [0.3, 0.4) is 0 Å². The van der Waals surface area contributed by atoms with Crippen LogP contribution in [0.5, 0.6) is 5.75 Å². The standard InChI is InChI=1S/C16H17BrN2O2/c1-10-7-12(17)3-5-14(10)16(20)19-9-11-8-13(18)4-6-15(11)21-2/h3-8H,9,18H2,1-2H3,(H,19,20). The van der Waals surface area contributed by atoms with Crippen LogP contribution in [-0.4, -0.2) is 13.0 Å². The molecule has 2 aromatic rings. The van der Waals surface area contributed by atoms with Crippen LogP contribution in [0, 0.1) is 6.92 Å². The van der Waals surface area contributed by atoms with Crippen LogP contribution in [0.2, 0.25) is 0 Å². The molecular formula is C16H17BrN2O2. The summed E-state index contributed by atoms with van der Waals surface area (Å²) in [5, 5.41) is 2.89. The number of carbonyl (C=O) groups excluding carboxylic acids is 1. The summed E-state index contributed by atoms with van der Waals surface area (Å²) in [6, 6.07) is 10.9. The molecule has 110 valence electrons. The van der Waals surface area contributed by atoms with E-state index in [0.29, 0.717) is 23.5 Å². The smallest absolute Gasteiger partial charge is 0.251 e. The minimum absolute atomic E-state index is 0.121. The van der Waals surface area contributed by atoms with Gasteiger partial charge in [-0.3, -0.25) is 4.79 Å². The molecule has 3 N–H and O–H groups in total. The summed E-state index contributed by atoms with van der Waals surface area (Å²) < 4.78 is 6.22. The molecule has 21 heavy (non-hydrogen) atoms. The summed E-state index contributed by atoms with van der Waals surface area (Å²) in [5.41, 5.74) is 8.83. The normalized spacial score (nSPS) is 10.2. The highest BCUT2D eigenvalue weighted by molar-refractivity contribution is 9.10. The topological polar surface area (TPSA) is 64.3 Å². The van der Waals surface area contributed by atoms with Crippen molar-refractivity contribution in [3.8, 4) is 5.75 Å². The molecule has 0 aliphatic rings. The van der Waals surface area contributed by atoms with E-state index in [0.717, 1.165) is 15.6 Å². The van der Waals surface area contributed by atoms with Crippen molar-refractivity contribution >= 4 is 27.5 Å². The molecule has 5 heteroatoms. The van der Waals surface area contributed by atoms with Crippen molar-refractivity contribution in [1.29, 1.82) is 0 Å². The summed E-state index contributed by atoms with van der Waals surface area (Å²) in [7, 11) is 1.59. The number of hydrogen-bond acceptors (Lipinski definition) is 3. The molecule has 0 aliphatic heterocycles. The number of anilines is 1. The Morgan fingerprint density at radius 2 is 2.05 bits per heavy atom. The summed E-state index contributed by atoms with van der Waals surface area (Å²) in [5.74, 6) is 0.585. The minimum Gasteiger partial charge on any atom is -0.496 e. The fourth-order valence-corrected chi connectivity index (χ4v) is 2.56. The van der Waals surface area contributed by atoms with Gasteiger partial charge in [0, 0.05) is 27.8 Å². The largest absolute Gasteiger partial charge is 0.496 e. The fourth-order valence-electron chi connectivity index (χ4n) is 2.09. The highest BCUT2D eigenvalue weighted by Gasteiger charge is 2.10. The molecule has 0 aromatic heterocycles. The molecule has 0 fully saturated rings. The van der Waals surface area contributed by atoms with Gasteiger partial charge in [-0.2, -0.15) is 0 Å². The maximum atomic E-state index is 12.2. The molecular weight excluding hydrogens is 332 g/mol. The van der Waals surface area contributed by atoms with E-state index in [4.69, 9.17) is 10.5 Å². The zero-order valence-electron chi connectivity index (χ0n) is 11.9. The van der Waals surface area contributed by atoms with Crippen LogP contribution in [0.15, 0.2) is 40.9 Å². The van der Waals surface area contributed by atoms with Gasteiger partial charge in [0.15, 0.2) is 0 Å². The quantitative estimate of drug-likeness (QED) is 0.833. The maximum absolute atomic E-state index is 12.2. The van der Waals surface area contributed by atoms with Crippen LogP contribution in [-0.2, 0) is 6.54 Å². The zero-order valence-corrected chi connectivity index (χ0v) is 13.5. The second-order valence-corrected chi connectivity index (χ2v) is 5.63. The van der Waals surface area contributed by atoms with Gasteiger partial charge in [0.1, 0.15) is 5.75 Å². The molecule has 0 aliphatic carbocycles. The lowest BCUT2D eigenvalue weighted by Gasteiger charge is -2.11. The van der Waals surface area contributed by atoms with Crippen molar-refractivity contribution in [3.63, 3.8) is 0 Å². The average Bonchev–Trinajstić information content (AvgIpc) is 2.45. The predicted molar refractivity (Wildman–Crippen MR) is 87.5 cm³/mol. The van der Waals surface area contributed by atoms with Crippen molar-refractivity contribution in [2.45, 2.75) is 13.5 Å². The lowest BCUT2D eigenvalue weighted by molar-refractivity contribution is 0.0950. The lowest BCUT2D eigenvalue weighted by Crippen LogP contribution is -2.24. The Morgan fingerprint density at radius 1 is 1.29 bits per heavy atom. The highest BCUT2D eigenvalue weighted by atomic mass is 79.9. The molecule has 0 saturated carbocycles. The van der Waals surface area contributed by atoms with Gasteiger partial charge in [-0.15, -0.1) is 0 Å². The summed E-state index contributed by atoms with van der Waals surface area (Å²) in [6.45, 7) is 2.27.